The zero-order valence-electron chi connectivity index (χ0n) is 10.7. The van der Waals surface area contributed by atoms with Crippen molar-refractivity contribution in [1.29, 1.82) is 0 Å². The van der Waals surface area contributed by atoms with Gasteiger partial charge < -0.3 is 20.8 Å². The van der Waals surface area contributed by atoms with Crippen LogP contribution in [0.4, 0.5) is 0 Å². The SMILES string of the molecule is COCCNC(N)=NCc1ccc2cc[nH]c2n1.I. The molecule has 0 saturated heterocycles. The van der Waals surface area contributed by atoms with Crippen LogP contribution in [0.5, 0.6) is 0 Å². The van der Waals surface area contributed by atoms with Gasteiger partial charge in [0.05, 0.1) is 18.8 Å². The van der Waals surface area contributed by atoms with E-state index in [1.165, 1.54) is 0 Å². The molecule has 0 atom stereocenters. The molecule has 4 N–H and O–H groups in total. The standard InChI is InChI=1S/C12H17N5O.HI/c1-18-7-6-15-12(13)16-8-10-3-2-9-4-5-14-11(9)17-10;/h2-5H,6-8H2,1H3,(H,14,17)(H3,13,15,16);1H. The first-order valence-electron chi connectivity index (χ1n) is 5.75. The predicted octanol–water partition coefficient (Wildman–Crippen LogP) is 1.23. The lowest BCUT2D eigenvalue weighted by Crippen LogP contribution is -2.34. The van der Waals surface area contributed by atoms with E-state index >= 15 is 0 Å². The Labute approximate surface area is 128 Å². The molecule has 2 heterocycles. The molecule has 2 aromatic rings. The quantitative estimate of drug-likeness (QED) is 0.318. The molecule has 0 aliphatic carbocycles. The fourth-order valence-electron chi connectivity index (χ4n) is 1.56. The van der Waals surface area contributed by atoms with Crippen LogP contribution in [0.25, 0.3) is 11.0 Å². The first kappa shape index (κ1) is 15.7. The third kappa shape index (κ3) is 4.67. The van der Waals surface area contributed by atoms with E-state index in [1.54, 1.807) is 7.11 Å². The summed E-state index contributed by atoms with van der Waals surface area (Å²) in [6.45, 7) is 1.71. The van der Waals surface area contributed by atoms with Crippen molar-refractivity contribution in [3.63, 3.8) is 0 Å². The number of nitrogens with zero attached hydrogens (tertiary/aromatic N) is 2. The number of methoxy groups -OCH3 is 1. The van der Waals surface area contributed by atoms with Crippen molar-refractivity contribution in [2.75, 3.05) is 20.3 Å². The van der Waals surface area contributed by atoms with Crippen LogP contribution in [0.3, 0.4) is 0 Å². The summed E-state index contributed by atoms with van der Waals surface area (Å²) in [7, 11) is 1.64. The van der Waals surface area contributed by atoms with Crippen molar-refractivity contribution in [3.8, 4) is 0 Å². The number of rotatable bonds is 5. The number of aliphatic imine (C=N–C) groups is 1. The number of guanidine groups is 1. The van der Waals surface area contributed by atoms with Crippen molar-refractivity contribution >= 4 is 41.0 Å². The predicted molar refractivity (Wildman–Crippen MR) is 86.7 cm³/mol. The number of hydrogen-bond acceptors (Lipinski definition) is 3. The average molecular weight is 375 g/mol. The molecule has 2 aromatic heterocycles. The van der Waals surface area contributed by atoms with E-state index in [0.29, 0.717) is 25.7 Å². The maximum atomic E-state index is 5.70. The van der Waals surface area contributed by atoms with E-state index < -0.39 is 0 Å². The maximum absolute atomic E-state index is 5.70. The van der Waals surface area contributed by atoms with Gasteiger partial charge in [0.15, 0.2) is 5.96 Å². The normalized spacial score (nSPS) is 11.3. The Bertz CT molecular complexity index is 540. The number of aromatic amines is 1. The monoisotopic (exact) mass is 375 g/mol. The summed E-state index contributed by atoms with van der Waals surface area (Å²) in [5.41, 5.74) is 7.45. The van der Waals surface area contributed by atoms with Crippen molar-refractivity contribution < 1.29 is 4.74 Å². The lowest BCUT2D eigenvalue weighted by Gasteiger charge is -2.04. The van der Waals surface area contributed by atoms with Crippen LogP contribution in [0.15, 0.2) is 29.4 Å². The van der Waals surface area contributed by atoms with E-state index in [4.69, 9.17) is 10.5 Å². The lowest BCUT2D eigenvalue weighted by molar-refractivity contribution is 0.204. The van der Waals surface area contributed by atoms with E-state index in [9.17, 15) is 0 Å². The molecule has 0 aliphatic rings. The van der Waals surface area contributed by atoms with Gasteiger partial charge in [-0.15, -0.1) is 24.0 Å². The van der Waals surface area contributed by atoms with Gasteiger partial charge in [0.2, 0.25) is 0 Å². The fraction of sp³-hybridized carbons (Fsp3) is 0.333. The Kier molecular flexibility index (Phi) is 6.57. The van der Waals surface area contributed by atoms with Gasteiger partial charge in [-0.05, 0) is 18.2 Å². The van der Waals surface area contributed by atoms with Crippen molar-refractivity contribution in [1.82, 2.24) is 15.3 Å². The largest absolute Gasteiger partial charge is 0.383 e. The number of pyridine rings is 1. The zero-order valence-corrected chi connectivity index (χ0v) is 13.0. The van der Waals surface area contributed by atoms with Crippen LogP contribution >= 0.6 is 24.0 Å². The minimum absolute atomic E-state index is 0. The zero-order chi connectivity index (χ0) is 12.8. The van der Waals surface area contributed by atoms with Crippen LogP contribution < -0.4 is 11.1 Å². The maximum Gasteiger partial charge on any atom is 0.189 e. The second-order valence-corrected chi connectivity index (χ2v) is 3.84. The van der Waals surface area contributed by atoms with Crippen LogP contribution in [0.2, 0.25) is 0 Å². The number of hydrogen-bond donors (Lipinski definition) is 3. The molecule has 0 amide bonds. The molecule has 7 heteroatoms. The number of H-pyrrole nitrogens is 1. The van der Waals surface area contributed by atoms with Gasteiger partial charge in [-0.25, -0.2) is 9.98 Å². The van der Waals surface area contributed by atoms with Crippen LogP contribution in [0, 0.1) is 0 Å². The molecule has 0 aromatic carbocycles. The second-order valence-electron chi connectivity index (χ2n) is 3.84. The highest BCUT2D eigenvalue weighted by Crippen LogP contribution is 2.10. The highest BCUT2D eigenvalue weighted by Gasteiger charge is 1.98. The highest BCUT2D eigenvalue weighted by atomic mass is 127. The van der Waals surface area contributed by atoms with E-state index in [2.05, 4.69) is 20.3 Å². The number of nitrogens with one attached hydrogen (secondary N) is 2. The van der Waals surface area contributed by atoms with Gasteiger partial charge in [-0.3, -0.25) is 0 Å². The third-order valence-electron chi connectivity index (χ3n) is 2.49. The Morgan fingerprint density at radius 2 is 2.32 bits per heavy atom. The van der Waals surface area contributed by atoms with Crippen molar-refractivity contribution in [2.24, 2.45) is 10.7 Å². The molecule has 0 spiro atoms. The smallest absolute Gasteiger partial charge is 0.189 e. The summed E-state index contributed by atoms with van der Waals surface area (Å²) >= 11 is 0. The molecule has 104 valence electrons. The molecule has 0 bridgehead atoms. The Morgan fingerprint density at radius 3 is 3.11 bits per heavy atom. The van der Waals surface area contributed by atoms with Gasteiger partial charge in [0, 0.05) is 25.2 Å². The summed E-state index contributed by atoms with van der Waals surface area (Å²) in [5, 5.41) is 4.04. The summed E-state index contributed by atoms with van der Waals surface area (Å²) in [6, 6.07) is 5.94. The number of nitrogens with two attached hydrogens (primary N) is 1. The van der Waals surface area contributed by atoms with Crippen molar-refractivity contribution in [2.45, 2.75) is 6.54 Å². The van der Waals surface area contributed by atoms with Crippen LogP contribution in [-0.2, 0) is 11.3 Å². The van der Waals surface area contributed by atoms with Gasteiger partial charge >= 0.3 is 0 Å². The minimum atomic E-state index is 0. The number of fused-ring (bicyclic) bond motifs is 1. The Hall–Kier alpha value is -1.35. The first-order chi connectivity index (χ1) is 8.79. The molecule has 0 radical (unpaired) electrons. The summed E-state index contributed by atoms with van der Waals surface area (Å²) in [5.74, 6) is 0.403. The fourth-order valence-corrected chi connectivity index (χ4v) is 1.56. The van der Waals surface area contributed by atoms with E-state index in [0.717, 1.165) is 16.7 Å². The highest BCUT2D eigenvalue weighted by molar-refractivity contribution is 14.0. The Morgan fingerprint density at radius 1 is 1.47 bits per heavy atom. The molecule has 0 unspecified atom stereocenters. The van der Waals surface area contributed by atoms with Gasteiger partial charge in [0.1, 0.15) is 5.65 Å². The van der Waals surface area contributed by atoms with Gasteiger partial charge in [-0.1, -0.05) is 0 Å². The third-order valence-corrected chi connectivity index (χ3v) is 2.49. The van der Waals surface area contributed by atoms with Crippen LogP contribution in [0.1, 0.15) is 5.69 Å². The second kappa shape index (κ2) is 7.95. The molecular formula is C12H18IN5O. The molecule has 2 rings (SSSR count). The van der Waals surface area contributed by atoms with Crippen LogP contribution in [-0.4, -0.2) is 36.2 Å². The molecule has 0 saturated carbocycles. The summed E-state index contributed by atoms with van der Waals surface area (Å²) < 4.78 is 4.90. The number of halogens is 1. The summed E-state index contributed by atoms with van der Waals surface area (Å²) in [4.78, 5) is 11.7. The Balaban J connectivity index is 0.00000180. The molecular weight excluding hydrogens is 357 g/mol. The minimum Gasteiger partial charge on any atom is -0.383 e. The summed E-state index contributed by atoms with van der Waals surface area (Å²) in [6.07, 6.45) is 1.87. The molecule has 0 fully saturated rings. The lowest BCUT2D eigenvalue weighted by atomic mass is 10.3. The first-order valence-corrected chi connectivity index (χ1v) is 5.75. The van der Waals surface area contributed by atoms with E-state index in [1.807, 2.05) is 24.4 Å². The van der Waals surface area contributed by atoms with Gasteiger partial charge in [-0.2, -0.15) is 0 Å². The van der Waals surface area contributed by atoms with E-state index in [-0.39, 0.29) is 24.0 Å². The topological polar surface area (TPSA) is 88.3 Å². The van der Waals surface area contributed by atoms with Gasteiger partial charge in [0.25, 0.3) is 0 Å². The van der Waals surface area contributed by atoms with Crippen molar-refractivity contribution in [3.05, 3.63) is 30.1 Å². The molecule has 19 heavy (non-hydrogen) atoms. The number of aromatic nitrogens is 2. The molecule has 6 nitrogen and oxygen atoms in total. The number of ether oxygens (including phenoxy) is 1. The average Bonchev–Trinajstić information content (AvgIpc) is 2.84. The molecule has 0 aliphatic heterocycles.